The highest BCUT2D eigenvalue weighted by Gasteiger charge is 2.03. The second-order valence-electron chi connectivity index (χ2n) is 1.35. The van der Waals surface area contributed by atoms with E-state index >= 15 is 0 Å². The lowest BCUT2D eigenvalue weighted by molar-refractivity contribution is 0.0969. The van der Waals surface area contributed by atoms with Crippen LogP contribution in [0.4, 0.5) is 0 Å². The van der Waals surface area contributed by atoms with Crippen molar-refractivity contribution in [2.75, 3.05) is 0 Å². The van der Waals surface area contributed by atoms with Crippen LogP contribution in [0, 0.1) is 9.16 Å². The van der Waals surface area contributed by atoms with Crippen molar-refractivity contribution in [3.05, 3.63) is 14.2 Å². The Bertz CT molecular complexity index is 290. The summed E-state index contributed by atoms with van der Waals surface area (Å²) >= 11 is 5.57. The predicted octanol–water partition coefficient (Wildman–Crippen LogP) is 0.428. The van der Waals surface area contributed by atoms with Crippen molar-refractivity contribution in [3.8, 4) is 0 Å². The lowest BCUT2D eigenvalue weighted by atomic mass is 10.7. The largest absolute Gasteiger partial charge is 0.759 e. The van der Waals surface area contributed by atoms with Gasteiger partial charge in [0.1, 0.15) is 0 Å². The zero-order chi connectivity index (χ0) is 7.56. The van der Waals surface area contributed by atoms with E-state index in [1.165, 1.54) is 5.48 Å². The first kappa shape index (κ1) is 7.32. The molecule has 0 unspecified atom stereocenters. The van der Waals surface area contributed by atoms with Gasteiger partial charge in [0, 0.05) is 0 Å². The Hall–Kier alpha value is -0.790. The van der Waals surface area contributed by atoms with Crippen LogP contribution < -0.4 is 5.48 Å². The zero-order valence-corrected chi connectivity index (χ0v) is 6.21. The molecule has 5 nitrogen and oxygen atoms in total. The average molecular weight is 176 g/mol. The van der Waals surface area contributed by atoms with Crippen molar-refractivity contribution >= 4 is 29.5 Å². The van der Waals surface area contributed by atoms with E-state index in [2.05, 4.69) is 22.4 Å². The van der Waals surface area contributed by atoms with E-state index in [1.54, 1.807) is 0 Å². The van der Waals surface area contributed by atoms with Crippen molar-refractivity contribution in [2.24, 2.45) is 0 Å². The predicted molar refractivity (Wildman–Crippen MR) is 38.1 cm³/mol. The Balaban J connectivity index is 2.95. The summed E-state index contributed by atoms with van der Waals surface area (Å²) in [4.78, 5) is 10.5. The maximum absolute atomic E-state index is 10.5. The van der Waals surface area contributed by atoms with Gasteiger partial charge in [-0.25, -0.2) is 0 Å². The summed E-state index contributed by atoms with van der Waals surface area (Å²) in [7, 11) is 0. The molecule has 0 aliphatic carbocycles. The molecule has 0 saturated heterocycles. The molecule has 0 bridgehead atoms. The van der Waals surface area contributed by atoms with Crippen molar-refractivity contribution in [1.29, 1.82) is 0 Å². The van der Waals surface area contributed by atoms with Gasteiger partial charge in [-0.05, 0) is 12.2 Å². The maximum atomic E-state index is 10.5. The highest BCUT2D eigenvalue weighted by Crippen LogP contribution is 2.02. The van der Waals surface area contributed by atoms with E-state index in [0.29, 0.717) is 3.95 Å². The normalized spacial score (nSPS) is 9.30. The molecule has 1 heterocycles. The van der Waals surface area contributed by atoms with Crippen LogP contribution in [-0.4, -0.2) is 16.1 Å². The van der Waals surface area contributed by atoms with Gasteiger partial charge >= 0.3 is 0 Å². The molecule has 1 aromatic heterocycles. The summed E-state index contributed by atoms with van der Waals surface area (Å²) in [6.45, 7) is 0. The Morgan fingerprint density at radius 3 is 3.00 bits per heavy atom. The number of carbonyl (C=O) groups excluding carboxylic acids is 1. The van der Waals surface area contributed by atoms with E-state index in [1.807, 2.05) is 0 Å². The van der Waals surface area contributed by atoms with E-state index in [-0.39, 0.29) is 5.01 Å². The summed E-state index contributed by atoms with van der Waals surface area (Å²) in [5.74, 6) is -0.766. The van der Waals surface area contributed by atoms with Crippen molar-refractivity contribution in [2.45, 2.75) is 0 Å². The van der Waals surface area contributed by atoms with Gasteiger partial charge < -0.3 is 10.7 Å². The topological polar surface area (TPSA) is 80.8 Å². The van der Waals surface area contributed by atoms with E-state index < -0.39 is 5.91 Å². The molecule has 0 fully saturated rings. The molecular formula is C3H2N3O2S2-. The van der Waals surface area contributed by atoms with Crippen LogP contribution in [0.2, 0.25) is 0 Å². The molecule has 0 aliphatic heterocycles. The third kappa shape index (κ3) is 1.38. The quantitative estimate of drug-likeness (QED) is 0.480. The number of nitrogens with one attached hydrogen (secondary N) is 2. The number of hydroxylamine groups is 1. The third-order valence-corrected chi connectivity index (χ3v) is 1.81. The number of carbonyl (C=O) groups is 1. The standard InChI is InChI=1S/C3H2N3O2S2/c7-1(6-8)2-4-5-3(9)10-2/h(H2-,4,5,6,7,8,9)/q-1. The number of H-pyrrole nitrogens is 1. The highest BCUT2D eigenvalue weighted by atomic mass is 32.1. The smallest absolute Gasteiger partial charge is 0.271 e. The number of amides is 1. The van der Waals surface area contributed by atoms with Crippen LogP contribution >= 0.6 is 23.6 Å². The molecule has 0 atom stereocenters. The second kappa shape index (κ2) is 2.86. The zero-order valence-electron chi connectivity index (χ0n) is 4.58. The van der Waals surface area contributed by atoms with Crippen LogP contribution in [0.3, 0.4) is 0 Å². The number of nitrogens with zero attached hydrogens (tertiary/aromatic N) is 1. The van der Waals surface area contributed by atoms with Crippen LogP contribution in [0.5, 0.6) is 0 Å². The lowest BCUT2D eigenvalue weighted by Gasteiger charge is -2.01. The Kier molecular flexibility index (Phi) is 2.10. The molecule has 1 aromatic rings. The molecule has 0 aromatic carbocycles. The number of aromatic amines is 1. The number of hydrogen-bond acceptors (Lipinski definition) is 5. The molecule has 54 valence electrons. The number of rotatable bonds is 1. The van der Waals surface area contributed by atoms with Crippen molar-refractivity contribution in [1.82, 2.24) is 15.7 Å². The molecule has 0 spiro atoms. The van der Waals surface area contributed by atoms with Crippen LogP contribution in [0.25, 0.3) is 0 Å². The molecule has 7 heteroatoms. The molecular weight excluding hydrogens is 174 g/mol. The minimum atomic E-state index is -0.766. The molecule has 10 heavy (non-hydrogen) atoms. The average Bonchev–Trinajstić information content (AvgIpc) is 2.34. The fraction of sp³-hybridized carbons (Fsp3) is 0. The fourth-order valence-electron chi connectivity index (χ4n) is 0.371. The maximum Gasteiger partial charge on any atom is 0.271 e. The molecule has 0 radical (unpaired) electrons. The van der Waals surface area contributed by atoms with Gasteiger partial charge in [0.05, 0.1) is 0 Å². The van der Waals surface area contributed by atoms with E-state index in [9.17, 15) is 10.0 Å². The monoisotopic (exact) mass is 176 g/mol. The molecule has 0 saturated carbocycles. The van der Waals surface area contributed by atoms with Crippen molar-refractivity contribution in [3.63, 3.8) is 0 Å². The van der Waals surface area contributed by atoms with Gasteiger partial charge in [-0.3, -0.25) is 9.89 Å². The Morgan fingerprint density at radius 2 is 2.60 bits per heavy atom. The summed E-state index contributed by atoms with van der Waals surface area (Å²) < 4.78 is 0.374. The molecule has 1 amide bonds. The minimum Gasteiger partial charge on any atom is -0.759 e. The van der Waals surface area contributed by atoms with Gasteiger partial charge in [-0.15, -0.1) is 0 Å². The van der Waals surface area contributed by atoms with Crippen LogP contribution in [0.1, 0.15) is 9.80 Å². The fourth-order valence-corrected chi connectivity index (χ4v) is 1.15. The minimum absolute atomic E-state index is 0.0556. The van der Waals surface area contributed by atoms with Gasteiger partial charge in [-0.1, -0.05) is 11.3 Å². The lowest BCUT2D eigenvalue weighted by Crippen LogP contribution is -2.15. The molecule has 0 aliphatic rings. The number of hydrogen-bond donors (Lipinski definition) is 2. The second-order valence-corrected chi connectivity index (χ2v) is 3.02. The first-order valence-corrected chi connectivity index (χ1v) is 3.44. The Labute approximate surface area is 64.7 Å². The van der Waals surface area contributed by atoms with Crippen LogP contribution in [-0.2, 0) is 0 Å². The SMILES string of the molecule is O=C(N[O-])c1n[nH]c(=S)s1. The summed E-state index contributed by atoms with van der Waals surface area (Å²) in [5, 5.41) is 15.6. The van der Waals surface area contributed by atoms with Crippen molar-refractivity contribution < 1.29 is 4.79 Å². The van der Waals surface area contributed by atoms with Gasteiger partial charge in [-0.2, -0.15) is 5.10 Å². The van der Waals surface area contributed by atoms with Gasteiger partial charge in [0.25, 0.3) is 5.91 Å². The summed E-state index contributed by atoms with van der Waals surface area (Å²) in [6, 6.07) is 0. The van der Waals surface area contributed by atoms with Crippen LogP contribution in [0.15, 0.2) is 0 Å². The highest BCUT2D eigenvalue weighted by molar-refractivity contribution is 7.73. The summed E-state index contributed by atoms with van der Waals surface area (Å²) in [6.07, 6.45) is 0. The molecule has 2 N–H and O–H groups in total. The van der Waals surface area contributed by atoms with Gasteiger partial charge in [0.15, 0.2) is 3.95 Å². The summed E-state index contributed by atoms with van der Waals surface area (Å²) in [5.41, 5.74) is 1.19. The molecule has 1 rings (SSSR count). The third-order valence-electron chi connectivity index (χ3n) is 0.725. The first-order chi connectivity index (χ1) is 4.74. The van der Waals surface area contributed by atoms with E-state index in [4.69, 9.17) is 0 Å². The number of aromatic nitrogens is 2. The first-order valence-electron chi connectivity index (χ1n) is 2.22. The Morgan fingerprint density at radius 1 is 1.90 bits per heavy atom. The van der Waals surface area contributed by atoms with Gasteiger partial charge in [0.2, 0.25) is 5.01 Å². The van der Waals surface area contributed by atoms with E-state index in [0.717, 1.165) is 11.3 Å².